The summed E-state index contributed by atoms with van der Waals surface area (Å²) in [4.78, 5) is 20.6. The number of ether oxygens (including phenoxy) is 2. The first-order chi connectivity index (χ1) is 15.5. The van der Waals surface area contributed by atoms with Gasteiger partial charge in [0.25, 0.3) is 5.91 Å². The van der Waals surface area contributed by atoms with Crippen LogP contribution in [0, 0.1) is 11.6 Å². The van der Waals surface area contributed by atoms with Gasteiger partial charge in [0.15, 0.2) is 11.5 Å². The second-order valence-electron chi connectivity index (χ2n) is 7.70. The van der Waals surface area contributed by atoms with Gasteiger partial charge >= 0.3 is 0 Å². The topological polar surface area (TPSA) is 136 Å². The molecule has 2 aliphatic rings. The molecular weight excluding hydrogens is 460 g/mol. The van der Waals surface area contributed by atoms with Crippen molar-refractivity contribution < 1.29 is 31.5 Å². The summed E-state index contributed by atoms with van der Waals surface area (Å²) in [6.07, 6.45) is 0.375. The number of anilines is 1. The van der Waals surface area contributed by atoms with Gasteiger partial charge in [0.05, 0.1) is 26.0 Å². The number of hydrogen-bond donors (Lipinski definition) is 2. The molecule has 13 heteroatoms. The number of nitrogens with one attached hydrogen (secondary N) is 1. The first-order valence-corrected chi connectivity index (χ1v) is 11.3. The van der Waals surface area contributed by atoms with E-state index in [2.05, 4.69) is 15.3 Å². The second-order valence-corrected chi connectivity index (χ2v) is 9.78. The molecule has 4 rings (SSSR count). The average Bonchev–Trinajstić information content (AvgIpc) is 3.11. The van der Waals surface area contributed by atoms with Crippen molar-refractivity contribution in [2.45, 2.75) is 23.8 Å². The Morgan fingerprint density at radius 2 is 2.06 bits per heavy atom. The van der Waals surface area contributed by atoms with Crippen LogP contribution in [0.1, 0.15) is 23.0 Å². The number of aliphatic imine (C=N–C) groups is 1. The van der Waals surface area contributed by atoms with E-state index < -0.39 is 50.2 Å². The summed E-state index contributed by atoms with van der Waals surface area (Å²) < 4.78 is 66.7. The number of benzene rings is 1. The number of fused-ring (bicyclic) bond motifs is 1. The number of carbonyl (C=O) groups is 1. The highest BCUT2D eigenvalue weighted by molar-refractivity contribution is 7.90. The Morgan fingerprint density at radius 1 is 1.33 bits per heavy atom. The number of aromatic nitrogens is 1. The lowest BCUT2D eigenvalue weighted by atomic mass is 9.86. The van der Waals surface area contributed by atoms with Crippen LogP contribution in [0.3, 0.4) is 0 Å². The molecule has 10 nitrogen and oxygen atoms in total. The van der Waals surface area contributed by atoms with Crippen molar-refractivity contribution in [1.29, 1.82) is 0 Å². The van der Waals surface area contributed by atoms with Gasteiger partial charge in [-0.1, -0.05) is 0 Å². The molecule has 0 spiro atoms. The van der Waals surface area contributed by atoms with E-state index in [0.29, 0.717) is 0 Å². The molecule has 0 aliphatic carbocycles. The summed E-state index contributed by atoms with van der Waals surface area (Å²) in [6, 6.07) is 4.54. The third kappa shape index (κ3) is 3.56. The van der Waals surface area contributed by atoms with Gasteiger partial charge in [-0.05, 0) is 25.1 Å². The maximum absolute atomic E-state index is 15.0. The summed E-state index contributed by atoms with van der Waals surface area (Å²) in [7, 11) is -1.44. The number of amides is 1. The lowest BCUT2D eigenvalue weighted by Gasteiger charge is -2.39. The number of sulfonamides is 1. The van der Waals surface area contributed by atoms with E-state index >= 15 is 4.39 Å². The third-order valence-corrected chi connectivity index (χ3v) is 8.13. The highest BCUT2D eigenvalue weighted by atomic mass is 32.2. The number of nitrogens with zero attached hydrogens (tertiary/aromatic N) is 3. The molecule has 0 unspecified atom stereocenters. The standard InChI is InChI=1S/C20H21F2N5O5S/c1-10-17-20(9-32-10,26-19(23)27(2)33(17,29)30)13-6-11(4-5-14(13)21)25-18(28)16-15(22)7-12(31-3)8-24-16/h4-8,10,17H,9H2,1-3H3,(H2,23,26)(H,25,28)/t10-,17-,20-/m1/s1. The molecule has 1 amide bonds. The highest BCUT2D eigenvalue weighted by Crippen LogP contribution is 2.46. The van der Waals surface area contributed by atoms with Gasteiger partial charge in [-0.25, -0.2) is 31.5 Å². The molecule has 2 aliphatic heterocycles. The number of halogens is 2. The Balaban J connectivity index is 1.76. The molecule has 1 fully saturated rings. The minimum Gasteiger partial charge on any atom is -0.495 e. The fourth-order valence-electron chi connectivity index (χ4n) is 4.09. The average molecular weight is 481 g/mol. The first-order valence-electron chi connectivity index (χ1n) is 9.77. The summed E-state index contributed by atoms with van der Waals surface area (Å²) >= 11 is 0. The van der Waals surface area contributed by atoms with Crippen molar-refractivity contribution in [3.63, 3.8) is 0 Å². The minimum absolute atomic E-state index is 0.0752. The maximum atomic E-state index is 15.0. The molecule has 176 valence electrons. The lowest BCUT2D eigenvalue weighted by molar-refractivity contribution is 0.101. The summed E-state index contributed by atoms with van der Waals surface area (Å²) in [5.41, 5.74) is 3.64. The molecule has 1 aromatic heterocycles. The van der Waals surface area contributed by atoms with Crippen LogP contribution in [0.5, 0.6) is 5.75 Å². The Bertz CT molecular complexity index is 1270. The Morgan fingerprint density at radius 3 is 2.73 bits per heavy atom. The van der Waals surface area contributed by atoms with Gasteiger partial charge in [-0.2, -0.15) is 0 Å². The third-order valence-electron chi connectivity index (χ3n) is 5.76. The van der Waals surface area contributed by atoms with Crippen molar-refractivity contribution in [1.82, 2.24) is 9.29 Å². The number of carbonyl (C=O) groups excluding carboxylic acids is 1. The van der Waals surface area contributed by atoms with Crippen LogP contribution in [0.25, 0.3) is 0 Å². The molecule has 2 aromatic rings. The van der Waals surface area contributed by atoms with Crippen LogP contribution >= 0.6 is 0 Å². The zero-order valence-corrected chi connectivity index (χ0v) is 18.7. The van der Waals surface area contributed by atoms with Crippen molar-refractivity contribution in [2.24, 2.45) is 10.7 Å². The fraction of sp³-hybridized carbons (Fsp3) is 0.350. The molecule has 0 saturated carbocycles. The second kappa shape index (κ2) is 7.92. The van der Waals surface area contributed by atoms with Crippen LogP contribution in [-0.4, -0.2) is 61.7 Å². The number of pyridine rings is 1. The van der Waals surface area contributed by atoms with E-state index in [1.165, 1.54) is 32.5 Å². The van der Waals surface area contributed by atoms with E-state index in [9.17, 15) is 17.6 Å². The van der Waals surface area contributed by atoms with Gasteiger partial charge in [0.1, 0.15) is 22.4 Å². The number of guanidine groups is 1. The number of methoxy groups -OCH3 is 1. The van der Waals surface area contributed by atoms with E-state index in [1.54, 1.807) is 6.92 Å². The first kappa shape index (κ1) is 22.9. The van der Waals surface area contributed by atoms with Crippen LogP contribution in [0.2, 0.25) is 0 Å². The zero-order chi connectivity index (χ0) is 24.1. The molecular formula is C20H21F2N5O5S. The van der Waals surface area contributed by atoms with Gasteiger partial charge in [-0.15, -0.1) is 0 Å². The SMILES string of the molecule is COc1cnc(C(=O)Nc2ccc(F)c([C@]34CO[C@H](C)[C@H]3S(=O)(=O)N(C)C(N)=N4)c2)c(F)c1. The zero-order valence-electron chi connectivity index (χ0n) is 17.9. The van der Waals surface area contributed by atoms with Crippen LogP contribution in [-0.2, 0) is 20.3 Å². The number of rotatable bonds is 4. The van der Waals surface area contributed by atoms with Gasteiger partial charge < -0.3 is 20.5 Å². The number of hydrogen-bond acceptors (Lipinski definition) is 8. The maximum Gasteiger partial charge on any atom is 0.277 e. The summed E-state index contributed by atoms with van der Waals surface area (Å²) in [5.74, 6) is -2.75. The van der Waals surface area contributed by atoms with Crippen molar-refractivity contribution >= 4 is 27.6 Å². The predicted octanol–water partition coefficient (Wildman–Crippen LogP) is 1.19. The molecule has 0 radical (unpaired) electrons. The van der Waals surface area contributed by atoms with Gasteiger partial charge in [0, 0.05) is 24.4 Å². The van der Waals surface area contributed by atoms with Crippen LogP contribution in [0.15, 0.2) is 35.5 Å². The van der Waals surface area contributed by atoms with Crippen LogP contribution in [0.4, 0.5) is 14.5 Å². The quantitative estimate of drug-likeness (QED) is 0.670. The van der Waals surface area contributed by atoms with Crippen molar-refractivity contribution in [2.75, 3.05) is 26.1 Å². The Hall–Kier alpha value is -3.32. The summed E-state index contributed by atoms with van der Waals surface area (Å²) in [6.45, 7) is 1.31. The largest absolute Gasteiger partial charge is 0.495 e. The molecule has 3 heterocycles. The molecule has 0 bridgehead atoms. The Kier molecular flexibility index (Phi) is 5.48. The van der Waals surface area contributed by atoms with E-state index in [0.717, 1.165) is 16.4 Å². The molecule has 33 heavy (non-hydrogen) atoms. The summed E-state index contributed by atoms with van der Waals surface area (Å²) in [5, 5.41) is 1.20. The smallest absolute Gasteiger partial charge is 0.277 e. The van der Waals surface area contributed by atoms with E-state index in [1.807, 2.05) is 0 Å². The van der Waals surface area contributed by atoms with Gasteiger partial charge in [0.2, 0.25) is 16.0 Å². The highest BCUT2D eigenvalue weighted by Gasteiger charge is 2.61. The lowest BCUT2D eigenvalue weighted by Crippen LogP contribution is -2.58. The molecule has 1 saturated heterocycles. The van der Waals surface area contributed by atoms with Crippen molar-refractivity contribution in [3.05, 3.63) is 53.4 Å². The monoisotopic (exact) mass is 481 g/mol. The van der Waals surface area contributed by atoms with Crippen LogP contribution < -0.4 is 15.8 Å². The normalized spacial score (nSPS) is 25.8. The molecule has 3 atom stereocenters. The van der Waals surface area contributed by atoms with E-state index in [4.69, 9.17) is 15.2 Å². The van der Waals surface area contributed by atoms with Gasteiger partial charge in [-0.3, -0.25) is 4.79 Å². The predicted molar refractivity (Wildman–Crippen MR) is 114 cm³/mol. The van der Waals surface area contributed by atoms with Crippen molar-refractivity contribution in [3.8, 4) is 5.75 Å². The number of nitrogens with two attached hydrogens (primary N) is 1. The Labute approximate surface area is 188 Å². The molecule has 1 aromatic carbocycles. The molecule has 3 N–H and O–H groups in total. The fourth-order valence-corrected chi connectivity index (χ4v) is 6.04. The minimum atomic E-state index is -4.02. The van der Waals surface area contributed by atoms with E-state index in [-0.39, 0.29) is 29.6 Å².